The first-order valence-corrected chi connectivity index (χ1v) is 13.4. The van der Waals surface area contributed by atoms with Crippen LogP contribution in [-0.2, 0) is 6.42 Å². The van der Waals surface area contributed by atoms with E-state index in [0.29, 0.717) is 22.8 Å². The van der Waals surface area contributed by atoms with Gasteiger partial charge in [0.1, 0.15) is 0 Å². The fraction of sp³-hybridized carbons (Fsp3) is 0.643. The molecule has 5 nitrogen and oxygen atoms in total. The van der Waals surface area contributed by atoms with Gasteiger partial charge in [0.2, 0.25) is 5.95 Å². The third kappa shape index (κ3) is 3.89. The lowest BCUT2D eigenvalue weighted by molar-refractivity contribution is -0.0365. The fourth-order valence-corrected chi connectivity index (χ4v) is 8.11. The molecular formula is C28H38ClN5. The standard InChI is InChI=1S/C28H38ClN5/c1-20-28(23-13-22(29)6-7-24(23)32-20)8-11-33(12-9-28)10-4-5-21-14-30-25(31-15-21)34-18-27(19-34)16-26(2,3)17-27/h6-7,13-15,23-24,32H,1,4-5,8-12,16-19H2,2-3H3. The number of rotatable bonds is 5. The summed E-state index contributed by atoms with van der Waals surface area (Å²) in [4.78, 5) is 14.3. The zero-order valence-corrected chi connectivity index (χ0v) is 21.4. The zero-order valence-electron chi connectivity index (χ0n) is 20.7. The fourth-order valence-electron chi connectivity index (χ4n) is 7.90. The molecule has 182 valence electrons. The number of aryl methyl sites for hydroxylation is 1. The molecule has 0 bridgehead atoms. The van der Waals surface area contributed by atoms with Gasteiger partial charge in [-0.25, -0.2) is 9.97 Å². The minimum atomic E-state index is 0.153. The number of anilines is 1. The number of nitrogens with one attached hydrogen (secondary N) is 1. The molecule has 1 aromatic rings. The Bertz CT molecular complexity index is 1000. The molecule has 4 fully saturated rings. The summed E-state index contributed by atoms with van der Waals surface area (Å²) in [6.07, 6.45) is 17.8. The van der Waals surface area contributed by atoms with Crippen LogP contribution in [0.5, 0.6) is 0 Å². The summed E-state index contributed by atoms with van der Waals surface area (Å²) in [5.41, 5.74) is 3.70. The molecule has 6 heteroatoms. The molecule has 2 atom stereocenters. The third-order valence-electron chi connectivity index (χ3n) is 9.19. The van der Waals surface area contributed by atoms with E-state index in [1.807, 2.05) is 18.5 Å². The van der Waals surface area contributed by atoms with Crippen molar-refractivity contribution in [1.29, 1.82) is 0 Å². The van der Waals surface area contributed by atoms with Crippen molar-refractivity contribution >= 4 is 17.5 Å². The van der Waals surface area contributed by atoms with Gasteiger partial charge in [0.05, 0.1) is 6.04 Å². The Hall–Kier alpha value is -1.85. The minimum Gasteiger partial charge on any atom is -0.381 e. The topological polar surface area (TPSA) is 44.3 Å². The van der Waals surface area contributed by atoms with Crippen LogP contribution in [0.3, 0.4) is 0 Å². The van der Waals surface area contributed by atoms with E-state index in [1.165, 1.54) is 24.1 Å². The number of fused-ring (bicyclic) bond motifs is 2. The van der Waals surface area contributed by atoms with Gasteiger partial charge >= 0.3 is 0 Å². The van der Waals surface area contributed by atoms with Crippen LogP contribution in [-0.4, -0.2) is 53.6 Å². The number of aromatic nitrogens is 2. The molecule has 5 aliphatic rings. The number of hydrogen-bond acceptors (Lipinski definition) is 5. The normalized spacial score (nSPS) is 30.5. The van der Waals surface area contributed by atoms with Gasteiger partial charge in [-0.05, 0) is 75.2 Å². The van der Waals surface area contributed by atoms with Crippen LogP contribution >= 0.6 is 11.6 Å². The van der Waals surface area contributed by atoms with Gasteiger partial charge < -0.3 is 15.1 Å². The first kappa shape index (κ1) is 22.6. The average molecular weight is 480 g/mol. The third-order valence-corrected chi connectivity index (χ3v) is 9.44. The molecule has 3 saturated heterocycles. The van der Waals surface area contributed by atoms with Crippen LogP contribution in [0.2, 0.25) is 0 Å². The van der Waals surface area contributed by atoms with E-state index in [1.54, 1.807) is 0 Å². The second-order valence-corrected chi connectivity index (χ2v) is 12.9. The molecular weight excluding hydrogens is 442 g/mol. The van der Waals surface area contributed by atoms with Gasteiger partial charge in [-0.15, -0.1) is 0 Å². The van der Waals surface area contributed by atoms with E-state index in [4.69, 9.17) is 21.6 Å². The van der Waals surface area contributed by atoms with Gasteiger partial charge in [0.25, 0.3) is 0 Å². The molecule has 1 aromatic heterocycles. The predicted octanol–water partition coefficient (Wildman–Crippen LogP) is 4.91. The second kappa shape index (κ2) is 8.09. The second-order valence-electron chi connectivity index (χ2n) is 12.5. The van der Waals surface area contributed by atoms with E-state index in [9.17, 15) is 0 Å². The average Bonchev–Trinajstić information content (AvgIpc) is 3.03. The highest BCUT2D eigenvalue weighted by molar-refractivity contribution is 6.31. The summed E-state index contributed by atoms with van der Waals surface area (Å²) in [6, 6.07) is 0.354. The molecule has 6 rings (SSSR count). The minimum absolute atomic E-state index is 0.153. The molecule has 0 aromatic carbocycles. The molecule has 2 spiro atoms. The molecule has 0 amide bonds. The maximum atomic E-state index is 6.35. The first-order chi connectivity index (χ1) is 16.3. The van der Waals surface area contributed by atoms with Crippen molar-refractivity contribution in [2.24, 2.45) is 22.2 Å². The Morgan fingerprint density at radius 2 is 1.85 bits per heavy atom. The molecule has 3 aliphatic heterocycles. The Labute approximate surface area is 209 Å². The van der Waals surface area contributed by atoms with Crippen LogP contribution in [0.15, 0.2) is 47.9 Å². The van der Waals surface area contributed by atoms with Crippen molar-refractivity contribution in [3.63, 3.8) is 0 Å². The Balaban J connectivity index is 0.957. The van der Waals surface area contributed by atoms with Gasteiger partial charge in [0, 0.05) is 53.0 Å². The highest BCUT2D eigenvalue weighted by Gasteiger charge is 2.56. The summed E-state index contributed by atoms with van der Waals surface area (Å²) in [5.74, 6) is 1.35. The van der Waals surface area contributed by atoms with Crippen molar-refractivity contribution in [2.75, 3.05) is 37.6 Å². The summed E-state index contributed by atoms with van der Waals surface area (Å²) in [6.45, 7) is 14.8. The smallest absolute Gasteiger partial charge is 0.225 e. The highest BCUT2D eigenvalue weighted by Crippen LogP contribution is 2.58. The molecule has 4 heterocycles. The molecule has 34 heavy (non-hydrogen) atoms. The number of nitrogens with zero attached hydrogens (tertiary/aromatic N) is 4. The van der Waals surface area contributed by atoms with Crippen LogP contribution < -0.4 is 10.2 Å². The van der Waals surface area contributed by atoms with E-state index in [-0.39, 0.29) is 5.41 Å². The largest absolute Gasteiger partial charge is 0.381 e. The Morgan fingerprint density at radius 3 is 2.53 bits per heavy atom. The van der Waals surface area contributed by atoms with Crippen LogP contribution in [0.25, 0.3) is 0 Å². The number of hydrogen-bond donors (Lipinski definition) is 1. The Kier molecular flexibility index (Phi) is 5.38. The molecule has 2 aliphatic carbocycles. The van der Waals surface area contributed by atoms with Crippen molar-refractivity contribution in [3.8, 4) is 0 Å². The lowest BCUT2D eigenvalue weighted by atomic mass is 9.51. The molecule has 2 unspecified atom stereocenters. The van der Waals surface area contributed by atoms with Gasteiger partial charge in [0.15, 0.2) is 0 Å². The molecule has 0 radical (unpaired) electrons. The number of piperidine rings is 1. The summed E-state index contributed by atoms with van der Waals surface area (Å²) in [7, 11) is 0. The summed E-state index contributed by atoms with van der Waals surface area (Å²) < 4.78 is 0. The summed E-state index contributed by atoms with van der Waals surface area (Å²) in [5, 5.41) is 4.50. The predicted molar refractivity (Wildman–Crippen MR) is 139 cm³/mol. The SMILES string of the molecule is C=C1NC2C=CC(Cl)=CC2C12CCN(CCCc1cnc(N3CC4(C3)CC(C)(C)C4)nc1)CC2. The van der Waals surface area contributed by atoms with Crippen molar-refractivity contribution in [1.82, 2.24) is 20.2 Å². The van der Waals surface area contributed by atoms with Crippen molar-refractivity contribution in [3.05, 3.63) is 53.5 Å². The summed E-state index contributed by atoms with van der Waals surface area (Å²) >= 11 is 6.35. The van der Waals surface area contributed by atoms with Crippen LogP contribution in [0, 0.1) is 22.2 Å². The van der Waals surface area contributed by atoms with Gasteiger partial charge in [-0.3, -0.25) is 0 Å². The quantitative estimate of drug-likeness (QED) is 0.649. The van der Waals surface area contributed by atoms with E-state index in [0.717, 1.165) is 69.4 Å². The number of likely N-dealkylation sites (tertiary alicyclic amines) is 1. The monoisotopic (exact) mass is 479 g/mol. The van der Waals surface area contributed by atoms with E-state index >= 15 is 0 Å². The van der Waals surface area contributed by atoms with Crippen LogP contribution in [0.4, 0.5) is 5.95 Å². The number of halogens is 1. The van der Waals surface area contributed by atoms with Gasteiger partial charge in [-0.1, -0.05) is 44.2 Å². The maximum absolute atomic E-state index is 6.35. The highest BCUT2D eigenvalue weighted by atomic mass is 35.5. The van der Waals surface area contributed by atoms with E-state index in [2.05, 4.69) is 47.7 Å². The maximum Gasteiger partial charge on any atom is 0.225 e. The van der Waals surface area contributed by atoms with E-state index < -0.39 is 0 Å². The van der Waals surface area contributed by atoms with Crippen molar-refractivity contribution < 1.29 is 0 Å². The van der Waals surface area contributed by atoms with Crippen molar-refractivity contribution in [2.45, 2.75) is 58.4 Å². The van der Waals surface area contributed by atoms with Gasteiger partial charge in [-0.2, -0.15) is 0 Å². The Morgan fingerprint density at radius 1 is 1.15 bits per heavy atom. The zero-order chi connectivity index (χ0) is 23.6. The first-order valence-electron chi connectivity index (χ1n) is 13.1. The lowest BCUT2D eigenvalue weighted by Crippen LogP contribution is -2.64. The lowest BCUT2D eigenvalue weighted by Gasteiger charge is -2.62. The molecule has 1 saturated carbocycles. The number of allylic oxidation sites excluding steroid dienone is 3. The van der Waals surface area contributed by atoms with Crippen LogP contribution in [0.1, 0.15) is 51.5 Å². The molecule has 1 N–H and O–H groups in total.